The zero-order valence-electron chi connectivity index (χ0n) is 12.6. The SMILES string of the molecule is CC1c2ccccc2CCC12ON2[C@H](C)c1ccccc1. The Balaban J connectivity index is 1.61. The van der Waals surface area contributed by atoms with Crippen molar-refractivity contribution in [2.75, 3.05) is 0 Å². The molecule has 1 saturated heterocycles. The summed E-state index contributed by atoms with van der Waals surface area (Å²) >= 11 is 0. The van der Waals surface area contributed by atoms with Crippen LogP contribution in [0.1, 0.15) is 48.9 Å². The molecular formula is C19H21NO. The fourth-order valence-corrected chi connectivity index (χ4v) is 3.81. The zero-order chi connectivity index (χ0) is 14.4. The molecule has 21 heavy (non-hydrogen) atoms. The third kappa shape index (κ3) is 1.94. The third-order valence-corrected chi connectivity index (χ3v) is 5.18. The first kappa shape index (κ1) is 13.1. The Morgan fingerprint density at radius 2 is 1.81 bits per heavy atom. The maximum Gasteiger partial charge on any atom is 0.172 e. The summed E-state index contributed by atoms with van der Waals surface area (Å²) in [7, 11) is 0. The first-order valence-corrected chi connectivity index (χ1v) is 7.83. The molecule has 4 atom stereocenters. The lowest BCUT2D eigenvalue weighted by Gasteiger charge is -2.29. The van der Waals surface area contributed by atoms with Crippen molar-refractivity contribution in [2.24, 2.45) is 0 Å². The van der Waals surface area contributed by atoms with Gasteiger partial charge < -0.3 is 0 Å². The zero-order valence-corrected chi connectivity index (χ0v) is 12.6. The molecule has 1 spiro atoms. The largest absolute Gasteiger partial charge is 0.270 e. The fraction of sp³-hybridized carbons (Fsp3) is 0.368. The lowest BCUT2D eigenvalue weighted by Crippen LogP contribution is -2.32. The molecule has 2 nitrogen and oxygen atoms in total. The van der Waals surface area contributed by atoms with Gasteiger partial charge in [0, 0.05) is 5.92 Å². The Kier molecular flexibility index (Phi) is 2.91. The summed E-state index contributed by atoms with van der Waals surface area (Å²) in [5.41, 5.74) is 4.16. The number of hydroxylamine groups is 2. The minimum absolute atomic E-state index is 0.0936. The van der Waals surface area contributed by atoms with Gasteiger partial charge in [-0.1, -0.05) is 61.5 Å². The Morgan fingerprint density at radius 3 is 2.62 bits per heavy atom. The molecule has 2 aromatic rings. The van der Waals surface area contributed by atoms with E-state index in [4.69, 9.17) is 4.84 Å². The van der Waals surface area contributed by atoms with Crippen LogP contribution in [0.15, 0.2) is 54.6 Å². The Morgan fingerprint density at radius 1 is 1.10 bits per heavy atom. The van der Waals surface area contributed by atoms with Crippen LogP contribution in [0.3, 0.4) is 0 Å². The number of hydrogen-bond donors (Lipinski definition) is 0. The molecule has 0 N–H and O–H groups in total. The second-order valence-corrected chi connectivity index (χ2v) is 6.27. The summed E-state index contributed by atoms with van der Waals surface area (Å²) in [6, 6.07) is 19.7. The monoisotopic (exact) mass is 279 g/mol. The molecular weight excluding hydrogens is 258 g/mol. The maximum absolute atomic E-state index is 6.16. The van der Waals surface area contributed by atoms with Gasteiger partial charge in [-0.05, 0) is 36.5 Å². The summed E-state index contributed by atoms with van der Waals surface area (Å²) < 4.78 is 0. The highest BCUT2D eigenvalue weighted by Crippen LogP contribution is 2.56. The molecule has 3 unspecified atom stereocenters. The Labute approximate surface area is 126 Å². The van der Waals surface area contributed by atoms with Gasteiger partial charge in [0.2, 0.25) is 0 Å². The average molecular weight is 279 g/mol. The molecule has 2 aromatic carbocycles. The predicted octanol–water partition coefficient (Wildman–Crippen LogP) is 4.44. The number of rotatable bonds is 2. The fourth-order valence-electron chi connectivity index (χ4n) is 3.81. The smallest absolute Gasteiger partial charge is 0.172 e. The van der Waals surface area contributed by atoms with Gasteiger partial charge in [-0.15, -0.1) is 5.06 Å². The van der Waals surface area contributed by atoms with E-state index in [2.05, 4.69) is 73.5 Å². The highest BCUT2D eigenvalue weighted by atomic mass is 16.9. The van der Waals surface area contributed by atoms with E-state index in [1.807, 2.05) is 0 Å². The summed E-state index contributed by atoms with van der Waals surface area (Å²) in [5.74, 6) is 0.425. The van der Waals surface area contributed by atoms with Crippen LogP contribution in [0, 0.1) is 0 Å². The minimum atomic E-state index is -0.0936. The van der Waals surface area contributed by atoms with Crippen LogP contribution in [0.2, 0.25) is 0 Å². The summed E-state index contributed by atoms with van der Waals surface area (Å²) in [4.78, 5) is 6.16. The molecule has 1 aliphatic carbocycles. The number of fused-ring (bicyclic) bond motifs is 1. The van der Waals surface area contributed by atoms with E-state index in [-0.39, 0.29) is 5.72 Å². The molecule has 0 bridgehead atoms. The van der Waals surface area contributed by atoms with Gasteiger partial charge in [-0.3, -0.25) is 4.84 Å². The number of nitrogens with zero attached hydrogens (tertiary/aromatic N) is 1. The lowest BCUT2D eigenvalue weighted by atomic mass is 9.78. The van der Waals surface area contributed by atoms with Crippen molar-refractivity contribution < 1.29 is 4.84 Å². The third-order valence-electron chi connectivity index (χ3n) is 5.18. The molecule has 0 aromatic heterocycles. The van der Waals surface area contributed by atoms with E-state index in [1.165, 1.54) is 16.7 Å². The van der Waals surface area contributed by atoms with Gasteiger partial charge in [-0.2, -0.15) is 0 Å². The number of benzene rings is 2. The molecule has 0 saturated carbocycles. The average Bonchev–Trinajstić information content (AvgIpc) is 3.27. The first-order valence-electron chi connectivity index (χ1n) is 7.83. The van der Waals surface area contributed by atoms with Crippen LogP contribution in [0.5, 0.6) is 0 Å². The van der Waals surface area contributed by atoms with E-state index >= 15 is 0 Å². The standard InChI is InChI=1S/C19H21NO/c1-14-18-11-7-6-10-17(18)12-13-19(14)20(21-19)15(2)16-8-4-3-5-9-16/h3-11,14-15H,12-13H2,1-2H3/t14?,15-,19?,20?/m1/s1. The van der Waals surface area contributed by atoms with Gasteiger partial charge in [-0.25, -0.2) is 0 Å². The van der Waals surface area contributed by atoms with Crippen molar-refractivity contribution in [3.05, 3.63) is 71.3 Å². The van der Waals surface area contributed by atoms with Crippen molar-refractivity contribution in [3.8, 4) is 0 Å². The Hall–Kier alpha value is -1.64. The van der Waals surface area contributed by atoms with E-state index in [0.717, 1.165) is 12.8 Å². The van der Waals surface area contributed by atoms with E-state index in [1.54, 1.807) is 0 Å². The van der Waals surface area contributed by atoms with E-state index < -0.39 is 0 Å². The normalized spacial score (nSPS) is 31.7. The van der Waals surface area contributed by atoms with E-state index in [0.29, 0.717) is 12.0 Å². The van der Waals surface area contributed by atoms with Gasteiger partial charge in [0.1, 0.15) is 0 Å². The van der Waals surface area contributed by atoms with Crippen LogP contribution in [-0.4, -0.2) is 10.8 Å². The van der Waals surface area contributed by atoms with Crippen molar-refractivity contribution in [1.82, 2.24) is 5.06 Å². The highest BCUT2D eigenvalue weighted by molar-refractivity contribution is 5.36. The number of aryl methyl sites for hydroxylation is 1. The molecule has 1 heterocycles. The molecule has 1 aliphatic heterocycles. The molecule has 2 heteroatoms. The lowest BCUT2D eigenvalue weighted by molar-refractivity contribution is 0.152. The van der Waals surface area contributed by atoms with Crippen LogP contribution >= 0.6 is 0 Å². The second-order valence-electron chi connectivity index (χ2n) is 6.27. The van der Waals surface area contributed by atoms with Gasteiger partial charge in [0.05, 0.1) is 6.04 Å². The van der Waals surface area contributed by atoms with Crippen LogP contribution in [0.25, 0.3) is 0 Å². The van der Waals surface area contributed by atoms with Crippen molar-refractivity contribution >= 4 is 0 Å². The van der Waals surface area contributed by atoms with Gasteiger partial charge in [0.15, 0.2) is 5.72 Å². The topological polar surface area (TPSA) is 15.5 Å². The summed E-state index contributed by atoms with van der Waals surface area (Å²) in [5, 5.41) is 2.21. The van der Waals surface area contributed by atoms with Crippen LogP contribution in [0.4, 0.5) is 0 Å². The maximum atomic E-state index is 6.16. The quantitative estimate of drug-likeness (QED) is 0.755. The van der Waals surface area contributed by atoms with Crippen molar-refractivity contribution in [1.29, 1.82) is 0 Å². The first-order chi connectivity index (χ1) is 10.2. The molecule has 1 fully saturated rings. The highest BCUT2D eigenvalue weighted by Gasteiger charge is 2.62. The molecule has 4 rings (SSSR count). The Bertz CT molecular complexity index is 654. The second kappa shape index (κ2) is 4.69. The molecule has 0 radical (unpaired) electrons. The minimum Gasteiger partial charge on any atom is -0.270 e. The molecule has 108 valence electrons. The molecule has 0 amide bonds. The summed E-state index contributed by atoms with van der Waals surface area (Å²) in [6.45, 7) is 4.53. The van der Waals surface area contributed by atoms with Crippen molar-refractivity contribution in [2.45, 2.75) is 44.4 Å². The van der Waals surface area contributed by atoms with Crippen molar-refractivity contribution in [3.63, 3.8) is 0 Å². The van der Waals surface area contributed by atoms with Crippen LogP contribution in [-0.2, 0) is 11.3 Å². The number of hydrogen-bond acceptors (Lipinski definition) is 2. The summed E-state index contributed by atoms with van der Waals surface area (Å²) in [6.07, 6.45) is 2.20. The van der Waals surface area contributed by atoms with Gasteiger partial charge >= 0.3 is 0 Å². The van der Waals surface area contributed by atoms with E-state index in [9.17, 15) is 0 Å². The predicted molar refractivity (Wildman–Crippen MR) is 83.7 cm³/mol. The van der Waals surface area contributed by atoms with Gasteiger partial charge in [0.25, 0.3) is 0 Å². The van der Waals surface area contributed by atoms with Crippen LogP contribution < -0.4 is 0 Å². The molecule has 2 aliphatic rings.